The number of aliphatic hydroxyl groups is 1. The van der Waals surface area contributed by atoms with Gasteiger partial charge in [-0.05, 0) is 38.3 Å². The Hall–Kier alpha value is -0.140. The minimum atomic E-state index is -3.58. The van der Waals surface area contributed by atoms with E-state index in [4.69, 9.17) is 16.7 Å². The van der Waals surface area contributed by atoms with E-state index in [1.807, 2.05) is 6.92 Å². The minimum Gasteiger partial charge on any atom is -0.396 e. The third-order valence-corrected chi connectivity index (χ3v) is 6.59. The van der Waals surface area contributed by atoms with Gasteiger partial charge in [0.1, 0.15) is 4.21 Å². The van der Waals surface area contributed by atoms with Gasteiger partial charge in [0, 0.05) is 12.1 Å². The van der Waals surface area contributed by atoms with Crippen LogP contribution in [0.3, 0.4) is 0 Å². The van der Waals surface area contributed by atoms with Gasteiger partial charge in [-0.25, -0.2) is 13.1 Å². The van der Waals surface area contributed by atoms with E-state index in [0.717, 1.165) is 16.9 Å². The lowest BCUT2D eigenvalue weighted by atomic mass is 9.97. The van der Waals surface area contributed by atoms with Gasteiger partial charge < -0.3 is 5.11 Å². The first-order valence-electron chi connectivity index (χ1n) is 5.65. The summed E-state index contributed by atoms with van der Waals surface area (Å²) in [5.74, 6) is 0. The molecule has 0 aliphatic rings. The molecule has 0 spiro atoms. The lowest BCUT2D eigenvalue weighted by Gasteiger charge is -2.28. The molecule has 1 heterocycles. The number of hydrogen-bond acceptors (Lipinski definition) is 4. The van der Waals surface area contributed by atoms with Crippen molar-refractivity contribution in [1.82, 2.24) is 4.72 Å². The third-order valence-electron chi connectivity index (χ3n) is 2.92. The molecule has 0 bridgehead atoms. The number of hydrogen-bond donors (Lipinski definition) is 2. The molecule has 1 aromatic heterocycles. The number of nitrogens with one attached hydrogen (secondary N) is 1. The number of sulfonamides is 1. The van der Waals surface area contributed by atoms with Gasteiger partial charge in [0.25, 0.3) is 10.0 Å². The molecule has 1 rings (SSSR count). The molecule has 4 nitrogen and oxygen atoms in total. The summed E-state index contributed by atoms with van der Waals surface area (Å²) in [6.45, 7) is 5.37. The lowest BCUT2D eigenvalue weighted by molar-refractivity contribution is 0.233. The van der Waals surface area contributed by atoms with Crippen LogP contribution in [-0.4, -0.2) is 25.7 Å². The Morgan fingerprint density at radius 2 is 2.17 bits per heavy atom. The molecule has 0 fully saturated rings. The highest BCUT2D eigenvalue weighted by molar-refractivity contribution is 7.91. The topological polar surface area (TPSA) is 66.4 Å². The van der Waals surface area contributed by atoms with Crippen LogP contribution in [-0.2, 0) is 10.0 Å². The fraction of sp³-hybridized carbons (Fsp3) is 0.636. The SMILES string of the molecule is CCC(C)(CCO)NS(=O)(=O)c1cc(C)c(Cl)s1. The van der Waals surface area contributed by atoms with Gasteiger partial charge in [-0.2, -0.15) is 0 Å². The monoisotopic (exact) mass is 311 g/mol. The van der Waals surface area contributed by atoms with E-state index in [9.17, 15) is 8.42 Å². The van der Waals surface area contributed by atoms with Crippen molar-refractivity contribution < 1.29 is 13.5 Å². The summed E-state index contributed by atoms with van der Waals surface area (Å²) in [7, 11) is -3.58. The molecular formula is C11H18ClNO3S2. The number of aliphatic hydroxyl groups excluding tert-OH is 1. The van der Waals surface area contributed by atoms with Crippen LogP contribution in [0.4, 0.5) is 0 Å². The predicted octanol–water partition coefficient (Wildman–Crippen LogP) is 2.54. The molecule has 0 saturated heterocycles. The van der Waals surface area contributed by atoms with Crippen LogP contribution < -0.4 is 4.72 Å². The second-order valence-corrected chi connectivity index (χ2v) is 8.08. The van der Waals surface area contributed by atoms with Crippen molar-refractivity contribution in [2.24, 2.45) is 0 Å². The average molecular weight is 312 g/mol. The zero-order valence-electron chi connectivity index (χ0n) is 10.7. The highest BCUT2D eigenvalue weighted by Gasteiger charge is 2.29. The Morgan fingerprint density at radius 1 is 1.56 bits per heavy atom. The molecule has 1 atom stereocenters. The Labute approximate surface area is 117 Å². The zero-order valence-corrected chi connectivity index (χ0v) is 13.0. The van der Waals surface area contributed by atoms with Crippen molar-refractivity contribution in [3.63, 3.8) is 0 Å². The van der Waals surface area contributed by atoms with Crippen LogP contribution in [0.15, 0.2) is 10.3 Å². The minimum absolute atomic E-state index is 0.0584. The lowest BCUT2D eigenvalue weighted by Crippen LogP contribution is -2.45. The molecule has 0 aliphatic heterocycles. The Morgan fingerprint density at radius 3 is 2.56 bits per heavy atom. The third kappa shape index (κ3) is 3.68. The van der Waals surface area contributed by atoms with E-state index in [0.29, 0.717) is 17.2 Å². The quantitative estimate of drug-likeness (QED) is 0.848. The van der Waals surface area contributed by atoms with Crippen LogP contribution in [0.2, 0.25) is 4.34 Å². The predicted molar refractivity (Wildman–Crippen MR) is 74.8 cm³/mol. The van der Waals surface area contributed by atoms with E-state index >= 15 is 0 Å². The van der Waals surface area contributed by atoms with Crippen LogP contribution in [0.1, 0.15) is 32.3 Å². The van der Waals surface area contributed by atoms with Crippen molar-refractivity contribution in [2.45, 2.75) is 43.4 Å². The molecule has 104 valence electrons. The fourth-order valence-corrected chi connectivity index (χ4v) is 4.70. The van der Waals surface area contributed by atoms with Crippen LogP contribution >= 0.6 is 22.9 Å². The van der Waals surface area contributed by atoms with Gasteiger partial charge in [-0.15, -0.1) is 11.3 Å². The maximum atomic E-state index is 12.2. The molecular weight excluding hydrogens is 294 g/mol. The number of aryl methyl sites for hydroxylation is 1. The van der Waals surface area contributed by atoms with E-state index in [-0.39, 0.29) is 10.8 Å². The van der Waals surface area contributed by atoms with E-state index in [1.54, 1.807) is 19.9 Å². The second kappa shape index (κ2) is 5.88. The Kier molecular flexibility index (Phi) is 5.20. The summed E-state index contributed by atoms with van der Waals surface area (Å²) >= 11 is 6.93. The standard InChI is InChI=1S/C11H18ClNO3S2/c1-4-11(3,5-6-14)13-18(15,16)9-7-8(2)10(12)17-9/h7,13-14H,4-6H2,1-3H3. The van der Waals surface area contributed by atoms with Crippen LogP contribution in [0.25, 0.3) is 0 Å². The maximum absolute atomic E-state index is 12.2. The summed E-state index contributed by atoms with van der Waals surface area (Å²) in [6, 6.07) is 1.56. The first kappa shape index (κ1) is 15.9. The summed E-state index contributed by atoms with van der Waals surface area (Å²) in [5.41, 5.74) is 0.111. The highest BCUT2D eigenvalue weighted by Crippen LogP contribution is 2.31. The molecule has 0 saturated carbocycles. The summed E-state index contributed by atoms with van der Waals surface area (Å²) in [6.07, 6.45) is 0.978. The molecule has 1 aromatic rings. The summed E-state index contributed by atoms with van der Waals surface area (Å²) in [4.78, 5) is 0. The Balaban J connectivity index is 3.01. The van der Waals surface area contributed by atoms with Gasteiger partial charge >= 0.3 is 0 Å². The van der Waals surface area contributed by atoms with Crippen molar-refractivity contribution in [3.05, 3.63) is 16.0 Å². The molecule has 2 N–H and O–H groups in total. The molecule has 0 radical (unpaired) electrons. The van der Waals surface area contributed by atoms with E-state index in [2.05, 4.69) is 4.72 Å². The normalized spacial score (nSPS) is 15.6. The fourth-order valence-electron chi connectivity index (χ4n) is 1.49. The molecule has 7 heteroatoms. The molecule has 0 amide bonds. The smallest absolute Gasteiger partial charge is 0.250 e. The first-order valence-corrected chi connectivity index (χ1v) is 8.32. The van der Waals surface area contributed by atoms with Crippen molar-refractivity contribution in [2.75, 3.05) is 6.61 Å². The van der Waals surface area contributed by atoms with Gasteiger partial charge in [-0.3, -0.25) is 0 Å². The van der Waals surface area contributed by atoms with Gasteiger partial charge in [0.2, 0.25) is 0 Å². The van der Waals surface area contributed by atoms with Crippen molar-refractivity contribution in [3.8, 4) is 0 Å². The van der Waals surface area contributed by atoms with Crippen LogP contribution in [0.5, 0.6) is 0 Å². The Bertz CT molecular complexity index is 493. The van der Waals surface area contributed by atoms with Gasteiger partial charge in [0.15, 0.2) is 0 Å². The largest absolute Gasteiger partial charge is 0.396 e. The number of thiophene rings is 1. The highest BCUT2D eigenvalue weighted by atomic mass is 35.5. The number of halogens is 1. The van der Waals surface area contributed by atoms with Crippen molar-refractivity contribution >= 4 is 33.0 Å². The van der Waals surface area contributed by atoms with Gasteiger partial charge in [-0.1, -0.05) is 18.5 Å². The number of rotatable bonds is 6. The van der Waals surface area contributed by atoms with Crippen molar-refractivity contribution in [1.29, 1.82) is 0 Å². The zero-order chi connectivity index (χ0) is 14.0. The first-order chi connectivity index (χ1) is 8.24. The summed E-state index contributed by atoms with van der Waals surface area (Å²) in [5, 5.41) is 9.00. The van der Waals surface area contributed by atoms with Crippen LogP contribution in [0, 0.1) is 6.92 Å². The molecule has 0 aliphatic carbocycles. The summed E-state index contributed by atoms with van der Waals surface area (Å²) < 4.78 is 27.7. The van der Waals surface area contributed by atoms with E-state index in [1.165, 1.54) is 0 Å². The molecule has 18 heavy (non-hydrogen) atoms. The van der Waals surface area contributed by atoms with Gasteiger partial charge in [0.05, 0.1) is 4.34 Å². The van der Waals surface area contributed by atoms with E-state index < -0.39 is 15.6 Å². The second-order valence-electron chi connectivity index (χ2n) is 4.52. The average Bonchev–Trinajstić information content (AvgIpc) is 2.60. The maximum Gasteiger partial charge on any atom is 0.250 e. The molecule has 0 aromatic carbocycles. The molecule has 1 unspecified atom stereocenters.